The summed E-state index contributed by atoms with van der Waals surface area (Å²) in [6.45, 7) is 4.40. The van der Waals surface area contributed by atoms with E-state index in [1.165, 1.54) is 24.4 Å². The van der Waals surface area contributed by atoms with Crippen molar-refractivity contribution in [2.45, 2.75) is 13.1 Å². The molecule has 20 heavy (non-hydrogen) atoms. The highest BCUT2D eigenvalue weighted by Crippen LogP contribution is 2.08. The van der Waals surface area contributed by atoms with Gasteiger partial charge in [0.05, 0.1) is 12.7 Å². The minimum atomic E-state index is -1.87. The molecule has 0 N–H and O–H groups in total. The van der Waals surface area contributed by atoms with Crippen LogP contribution < -0.4 is 10.4 Å². The van der Waals surface area contributed by atoms with Crippen LogP contribution in [0.15, 0.2) is 48.5 Å². The van der Waals surface area contributed by atoms with Gasteiger partial charge in [-0.1, -0.05) is 47.7 Å². The van der Waals surface area contributed by atoms with E-state index < -0.39 is 8.07 Å². The van der Waals surface area contributed by atoms with Crippen LogP contribution in [0.3, 0.4) is 0 Å². The molecule has 2 aromatic rings. The second-order valence-electron chi connectivity index (χ2n) is 5.20. The first-order valence-electron chi connectivity index (χ1n) is 6.40. The number of carbonyl (C=O) groups is 1. The van der Waals surface area contributed by atoms with Crippen molar-refractivity contribution in [1.29, 1.82) is 0 Å². The topological polar surface area (TPSA) is 26.3 Å². The quantitative estimate of drug-likeness (QED) is 0.640. The average molecular weight is 288 g/mol. The molecule has 0 heterocycles. The molecule has 4 heteroatoms. The van der Waals surface area contributed by atoms with Gasteiger partial charge in [0.1, 0.15) is 13.9 Å². The molecular formula is C16H17FO2Si. The lowest BCUT2D eigenvalue weighted by Gasteiger charge is -2.23. The Balaban J connectivity index is 2.34. The Morgan fingerprint density at radius 3 is 1.85 bits per heavy atom. The lowest BCUT2D eigenvalue weighted by Crippen LogP contribution is -2.52. The molecule has 2 aromatic carbocycles. The zero-order valence-corrected chi connectivity index (χ0v) is 12.8. The third kappa shape index (κ3) is 2.80. The fourth-order valence-corrected chi connectivity index (χ4v) is 4.51. The molecule has 0 aliphatic carbocycles. The van der Waals surface area contributed by atoms with Crippen molar-refractivity contribution in [3.63, 3.8) is 0 Å². The van der Waals surface area contributed by atoms with Crippen molar-refractivity contribution in [3.8, 4) is 0 Å². The van der Waals surface area contributed by atoms with Crippen molar-refractivity contribution in [3.05, 3.63) is 59.9 Å². The zero-order valence-electron chi connectivity index (χ0n) is 11.8. The fourth-order valence-electron chi connectivity index (χ4n) is 2.17. The molecule has 0 atom stereocenters. The molecule has 104 valence electrons. The summed E-state index contributed by atoms with van der Waals surface area (Å²) < 4.78 is 17.7. The molecule has 2 rings (SSSR count). The maximum atomic E-state index is 13.0. The number of benzene rings is 2. The monoisotopic (exact) mass is 288 g/mol. The molecule has 0 aromatic heterocycles. The van der Waals surface area contributed by atoms with Crippen LogP contribution in [-0.4, -0.2) is 21.2 Å². The highest BCUT2D eigenvalue weighted by molar-refractivity contribution is 7.00. The molecule has 0 saturated heterocycles. The summed E-state index contributed by atoms with van der Waals surface area (Å²) in [5.41, 5.74) is 0.542. The molecular weight excluding hydrogens is 271 g/mol. The first kappa shape index (κ1) is 14.5. The molecule has 0 bridgehead atoms. The van der Waals surface area contributed by atoms with Crippen molar-refractivity contribution >= 4 is 24.4 Å². The van der Waals surface area contributed by atoms with Crippen LogP contribution >= 0.6 is 0 Å². The van der Waals surface area contributed by atoms with E-state index in [0.717, 1.165) is 5.19 Å². The molecule has 0 unspecified atom stereocenters. The van der Waals surface area contributed by atoms with E-state index >= 15 is 0 Å². The van der Waals surface area contributed by atoms with Gasteiger partial charge >= 0.3 is 5.97 Å². The number of rotatable bonds is 3. The van der Waals surface area contributed by atoms with E-state index in [2.05, 4.69) is 13.1 Å². The number of hydrogen-bond acceptors (Lipinski definition) is 2. The number of carbonyl (C=O) groups excluding carboxylic acids is 1. The lowest BCUT2D eigenvalue weighted by atomic mass is 10.2. The predicted octanol–water partition coefficient (Wildman–Crippen LogP) is 2.43. The van der Waals surface area contributed by atoms with Crippen LogP contribution in [0.5, 0.6) is 0 Å². The Bertz CT molecular complexity index is 603. The van der Waals surface area contributed by atoms with Crippen LogP contribution in [0.1, 0.15) is 10.4 Å². The Morgan fingerprint density at radius 1 is 0.950 bits per heavy atom. The smallest absolute Gasteiger partial charge is 0.337 e. The summed E-state index contributed by atoms with van der Waals surface area (Å²) >= 11 is 0. The Hall–Kier alpha value is -1.94. The largest absolute Gasteiger partial charge is 0.465 e. The number of esters is 1. The third-order valence-electron chi connectivity index (χ3n) is 3.59. The Labute approximate surface area is 119 Å². The summed E-state index contributed by atoms with van der Waals surface area (Å²) in [4.78, 5) is 11.4. The Kier molecular flexibility index (Phi) is 4.04. The molecule has 0 amide bonds. The number of methoxy groups -OCH3 is 1. The number of ether oxygens (including phenoxy) is 1. The number of halogens is 1. The average Bonchev–Trinajstić information content (AvgIpc) is 2.47. The summed E-state index contributed by atoms with van der Waals surface area (Å²) in [7, 11) is -0.497. The van der Waals surface area contributed by atoms with Gasteiger partial charge in [0.15, 0.2) is 0 Å². The van der Waals surface area contributed by atoms with Crippen LogP contribution in [0.4, 0.5) is 4.39 Å². The molecule has 0 aliphatic heterocycles. The van der Waals surface area contributed by atoms with Crippen molar-refractivity contribution < 1.29 is 13.9 Å². The summed E-state index contributed by atoms with van der Waals surface area (Å²) in [6.07, 6.45) is 0. The molecule has 0 radical (unpaired) electrons. The van der Waals surface area contributed by atoms with E-state index in [0.29, 0.717) is 5.56 Å². The molecule has 0 fully saturated rings. The lowest BCUT2D eigenvalue weighted by molar-refractivity contribution is 0.0601. The minimum Gasteiger partial charge on any atom is -0.465 e. The van der Waals surface area contributed by atoms with E-state index in [-0.39, 0.29) is 11.8 Å². The van der Waals surface area contributed by atoms with Gasteiger partial charge in [0.2, 0.25) is 0 Å². The normalized spacial score (nSPS) is 11.2. The van der Waals surface area contributed by atoms with E-state index in [1.807, 2.05) is 24.3 Å². The summed E-state index contributed by atoms with van der Waals surface area (Å²) in [5.74, 6) is -0.558. The predicted molar refractivity (Wildman–Crippen MR) is 80.9 cm³/mol. The second-order valence-corrected chi connectivity index (χ2v) is 9.61. The van der Waals surface area contributed by atoms with Gasteiger partial charge in [-0.3, -0.25) is 0 Å². The fraction of sp³-hybridized carbons (Fsp3) is 0.188. The molecule has 2 nitrogen and oxygen atoms in total. The van der Waals surface area contributed by atoms with Crippen LogP contribution in [-0.2, 0) is 4.74 Å². The SMILES string of the molecule is COC(=O)c1ccc([Si](C)(C)c2ccc(F)cc2)cc1. The number of hydrogen-bond donors (Lipinski definition) is 0. The van der Waals surface area contributed by atoms with E-state index in [9.17, 15) is 9.18 Å². The second kappa shape index (κ2) is 5.59. The zero-order chi connectivity index (χ0) is 14.8. The third-order valence-corrected chi connectivity index (χ3v) is 7.15. The van der Waals surface area contributed by atoms with Gasteiger partial charge in [-0.05, 0) is 24.3 Å². The first-order valence-corrected chi connectivity index (χ1v) is 9.40. The first-order chi connectivity index (χ1) is 9.45. The van der Waals surface area contributed by atoms with Gasteiger partial charge in [0, 0.05) is 0 Å². The van der Waals surface area contributed by atoms with Gasteiger partial charge in [-0.25, -0.2) is 9.18 Å². The van der Waals surface area contributed by atoms with Crippen LogP contribution in [0.25, 0.3) is 0 Å². The van der Waals surface area contributed by atoms with Crippen LogP contribution in [0, 0.1) is 5.82 Å². The van der Waals surface area contributed by atoms with Gasteiger partial charge < -0.3 is 4.74 Å². The van der Waals surface area contributed by atoms with E-state index in [4.69, 9.17) is 4.74 Å². The standard InChI is InChI=1S/C16H17FO2Si/c1-19-16(18)12-4-8-14(9-5-12)20(2,3)15-10-6-13(17)7-11-15/h4-11H,1-3H3. The van der Waals surface area contributed by atoms with Gasteiger partial charge in [-0.2, -0.15) is 0 Å². The van der Waals surface area contributed by atoms with Crippen molar-refractivity contribution in [1.82, 2.24) is 0 Å². The van der Waals surface area contributed by atoms with E-state index in [1.54, 1.807) is 12.1 Å². The highest BCUT2D eigenvalue weighted by atomic mass is 28.3. The molecule has 0 saturated carbocycles. The summed E-state index contributed by atoms with van der Waals surface area (Å²) in [5, 5.41) is 2.35. The maximum absolute atomic E-state index is 13.0. The van der Waals surface area contributed by atoms with Gasteiger partial charge in [0.25, 0.3) is 0 Å². The molecule has 0 aliphatic rings. The minimum absolute atomic E-state index is 0.223. The molecule has 0 spiro atoms. The van der Waals surface area contributed by atoms with Crippen molar-refractivity contribution in [2.75, 3.05) is 7.11 Å². The Morgan fingerprint density at radius 2 is 1.40 bits per heavy atom. The van der Waals surface area contributed by atoms with Gasteiger partial charge in [-0.15, -0.1) is 0 Å². The maximum Gasteiger partial charge on any atom is 0.337 e. The van der Waals surface area contributed by atoms with Crippen LogP contribution in [0.2, 0.25) is 13.1 Å². The van der Waals surface area contributed by atoms with Crippen molar-refractivity contribution in [2.24, 2.45) is 0 Å². The highest BCUT2D eigenvalue weighted by Gasteiger charge is 2.26. The summed E-state index contributed by atoms with van der Waals surface area (Å²) in [6, 6.07) is 14.1.